The molecule has 0 aromatic carbocycles. The van der Waals surface area contributed by atoms with Gasteiger partial charge in [-0.25, -0.2) is 4.79 Å². The Morgan fingerprint density at radius 2 is 2.33 bits per heavy atom. The normalized spacial score (nSPS) is 22.8. The van der Waals surface area contributed by atoms with Crippen molar-refractivity contribution >= 4 is 11.9 Å². The first-order valence-corrected chi connectivity index (χ1v) is 7.33. The minimum absolute atomic E-state index is 0.00339. The second-order valence-electron chi connectivity index (χ2n) is 5.31. The van der Waals surface area contributed by atoms with Gasteiger partial charge in [0.25, 0.3) is 0 Å². The number of aromatic nitrogens is 2. The quantitative estimate of drug-likeness (QED) is 0.859. The highest BCUT2D eigenvalue weighted by Gasteiger charge is 2.34. The molecule has 21 heavy (non-hydrogen) atoms. The van der Waals surface area contributed by atoms with Gasteiger partial charge in [-0.3, -0.25) is 14.6 Å². The van der Waals surface area contributed by atoms with Gasteiger partial charge >= 0.3 is 6.03 Å². The average molecular weight is 293 g/mol. The van der Waals surface area contributed by atoms with Crippen LogP contribution in [0.2, 0.25) is 0 Å². The highest BCUT2D eigenvalue weighted by Crippen LogP contribution is 2.29. The first-order chi connectivity index (χ1) is 10.2. The van der Waals surface area contributed by atoms with Gasteiger partial charge in [0.2, 0.25) is 11.8 Å². The summed E-state index contributed by atoms with van der Waals surface area (Å²) < 4.78 is 5.15. The Balaban J connectivity index is 1.66. The third-order valence-electron chi connectivity index (χ3n) is 3.94. The lowest BCUT2D eigenvalue weighted by Gasteiger charge is -2.23. The van der Waals surface area contributed by atoms with E-state index in [-0.39, 0.29) is 24.5 Å². The summed E-state index contributed by atoms with van der Waals surface area (Å²) in [7, 11) is 0. The minimum Gasteiger partial charge on any atom is -0.339 e. The Morgan fingerprint density at radius 1 is 1.48 bits per heavy atom. The molecule has 0 saturated carbocycles. The molecular weight excluding hydrogens is 274 g/mol. The van der Waals surface area contributed by atoms with Crippen LogP contribution < -0.4 is 5.32 Å². The zero-order chi connectivity index (χ0) is 14.8. The first-order valence-electron chi connectivity index (χ1n) is 7.33. The van der Waals surface area contributed by atoms with E-state index < -0.39 is 0 Å². The second kappa shape index (κ2) is 5.80. The summed E-state index contributed by atoms with van der Waals surface area (Å²) >= 11 is 0. The highest BCUT2D eigenvalue weighted by atomic mass is 16.5. The monoisotopic (exact) mass is 293 g/mol. The molecule has 114 valence electrons. The molecule has 1 N–H and O–H groups in total. The fraction of sp³-hybridized carbons (Fsp3) is 0.692. The minimum atomic E-state index is -0.302. The Labute approximate surface area is 122 Å². The lowest BCUT2D eigenvalue weighted by atomic mass is 10.2. The number of rotatable bonds is 4. The molecule has 0 bridgehead atoms. The van der Waals surface area contributed by atoms with Crippen LogP contribution in [0.25, 0.3) is 0 Å². The number of likely N-dealkylation sites (tertiary alicyclic amines) is 1. The van der Waals surface area contributed by atoms with Crippen LogP contribution in [0.1, 0.15) is 37.5 Å². The van der Waals surface area contributed by atoms with Gasteiger partial charge in [0.1, 0.15) is 0 Å². The van der Waals surface area contributed by atoms with Crippen molar-refractivity contribution in [2.45, 2.75) is 32.2 Å². The van der Waals surface area contributed by atoms with Crippen LogP contribution in [0.5, 0.6) is 0 Å². The molecule has 8 nitrogen and oxygen atoms in total. The van der Waals surface area contributed by atoms with Gasteiger partial charge in [-0.15, -0.1) is 0 Å². The van der Waals surface area contributed by atoms with Crippen LogP contribution in [-0.4, -0.2) is 58.1 Å². The molecule has 2 fully saturated rings. The van der Waals surface area contributed by atoms with Crippen molar-refractivity contribution in [1.82, 2.24) is 25.3 Å². The molecular formula is C13H19N5O3. The molecule has 0 spiro atoms. The molecule has 1 aromatic heterocycles. The van der Waals surface area contributed by atoms with Crippen molar-refractivity contribution in [2.75, 3.05) is 26.2 Å². The molecule has 2 saturated heterocycles. The van der Waals surface area contributed by atoms with E-state index in [9.17, 15) is 9.59 Å². The van der Waals surface area contributed by atoms with Crippen molar-refractivity contribution in [3.8, 4) is 0 Å². The number of nitrogens with one attached hydrogen (secondary N) is 1. The van der Waals surface area contributed by atoms with E-state index in [0.717, 1.165) is 19.4 Å². The lowest BCUT2D eigenvalue weighted by Crippen LogP contribution is -2.41. The maximum atomic E-state index is 12.2. The molecule has 3 heterocycles. The number of nitrogens with zero attached hydrogens (tertiary/aromatic N) is 4. The van der Waals surface area contributed by atoms with E-state index in [1.54, 1.807) is 0 Å². The summed E-state index contributed by atoms with van der Waals surface area (Å²) in [6.07, 6.45) is 2.59. The summed E-state index contributed by atoms with van der Waals surface area (Å²) in [5.74, 6) is 1.08. The van der Waals surface area contributed by atoms with E-state index in [1.807, 2.05) is 11.8 Å². The number of aryl methyl sites for hydroxylation is 1. The van der Waals surface area contributed by atoms with Crippen LogP contribution in [0.3, 0.4) is 0 Å². The first kappa shape index (κ1) is 14.0. The predicted molar refractivity (Wildman–Crippen MR) is 72.3 cm³/mol. The SMILES string of the molecule is CCc1nc([C@H]2CCCN2CC(=O)N2CCNC2=O)no1. The van der Waals surface area contributed by atoms with Crippen molar-refractivity contribution in [3.63, 3.8) is 0 Å². The molecule has 0 aliphatic carbocycles. The van der Waals surface area contributed by atoms with Gasteiger partial charge in [-0.1, -0.05) is 12.1 Å². The number of amides is 3. The van der Waals surface area contributed by atoms with E-state index in [1.165, 1.54) is 4.90 Å². The number of carbonyl (C=O) groups excluding carboxylic acids is 2. The zero-order valence-electron chi connectivity index (χ0n) is 12.0. The van der Waals surface area contributed by atoms with Crippen LogP contribution in [-0.2, 0) is 11.2 Å². The standard InChI is InChI=1S/C13H19N5O3/c1-2-10-15-12(16-21-10)9-4-3-6-17(9)8-11(19)18-7-5-14-13(18)20/h9H,2-8H2,1H3,(H,14,20)/t9-/m1/s1. The van der Waals surface area contributed by atoms with Gasteiger partial charge in [0.15, 0.2) is 5.82 Å². The summed E-state index contributed by atoms with van der Waals surface area (Å²) in [6.45, 7) is 3.95. The Hall–Kier alpha value is -1.96. The van der Waals surface area contributed by atoms with Gasteiger partial charge < -0.3 is 9.84 Å². The summed E-state index contributed by atoms with van der Waals surface area (Å²) in [6, 6.07) is -0.299. The summed E-state index contributed by atoms with van der Waals surface area (Å²) in [4.78, 5) is 31.4. The number of hydrogen-bond acceptors (Lipinski definition) is 6. The topological polar surface area (TPSA) is 91.6 Å². The molecule has 3 rings (SSSR count). The van der Waals surface area contributed by atoms with Crippen LogP contribution in [0.15, 0.2) is 4.52 Å². The van der Waals surface area contributed by atoms with E-state index in [2.05, 4.69) is 15.5 Å². The maximum Gasteiger partial charge on any atom is 0.324 e. The van der Waals surface area contributed by atoms with Crippen LogP contribution in [0.4, 0.5) is 4.79 Å². The number of imide groups is 1. The Morgan fingerprint density at radius 3 is 3.00 bits per heavy atom. The molecule has 0 radical (unpaired) electrons. The van der Waals surface area contributed by atoms with Crippen LogP contribution >= 0.6 is 0 Å². The molecule has 1 atom stereocenters. The molecule has 2 aliphatic rings. The fourth-order valence-corrected chi connectivity index (χ4v) is 2.82. The highest BCUT2D eigenvalue weighted by molar-refractivity contribution is 5.96. The van der Waals surface area contributed by atoms with E-state index in [0.29, 0.717) is 31.2 Å². The molecule has 3 amide bonds. The second-order valence-corrected chi connectivity index (χ2v) is 5.31. The number of hydrogen-bond donors (Lipinski definition) is 1. The van der Waals surface area contributed by atoms with E-state index >= 15 is 0 Å². The van der Waals surface area contributed by atoms with Crippen molar-refractivity contribution in [1.29, 1.82) is 0 Å². The van der Waals surface area contributed by atoms with E-state index in [4.69, 9.17) is 4.52 Å². The molecule has 8 heteroatoms. The summed E-state index contributed by atoms with van der Waals surface area (Å²) in [5, 5.41) is 6.64. The summed E-state index contributed by atoms with van der Waals surface area (Å²) in [5.41, 5.74) is 0. The molecule has 0 unspecified atom stereocenters. The third-order valence-corrected chi connectivity index (χ3v) is 3.94. The van der Waals surface area contributed by atoms with Gasteiger partial charge in [0.05, 0.1) is 12.6 Å². The van der Waals surface area contributed by atoms with Crippen LogP contribution in [0, 0.1) is 0 Å². The van der Waals surface area contributed by atoms with Gasteiger partial charge in [0, 0.05) is 19.5 Å². The fourth-order valence-electron chi connectivity index (χ4n) is 2.82. The maximum absolute atomic E-state index is 12.2. The number of urea groups is 1. The molecule has 1 aromatic rings. The average Bonchev–Trinajstić information content (AvgIpc) is 3.17. The Kier molecular flexibility index (Phi) is 3.87. The predicted octanol–water partition coefficient (Wildman–Crippen LogP) is 0.321. The Bertz CT molecular complexity index is 544. The van der Waals surface area contributed by atoms with Crippen molar-refractivity contribution in [3.05, 3.63) is 11.7 Å². The van der Waals surface area contributed by atoms with Gasteiger partial charge in [-0.05, 0) is 19.4 Å². The third kappa shape index (κ3) is 2.76. The zero-order valence-corrected chi connectivity index (χ0v) is 12.0. The van der Waals surface area contributed by atoms with Crippen molar-refractivity contribution < 1.29 is 14.1 Å². The van der Waals surface area contributed by atoms with Gasteiger partial charge in [-0.2, -0.15) is 4.98 Å². The number of carbonyl (C=O) groups is 2. The largest absolute Gasteiger partial charge is 0.339 e. The molecule has 2 aliphatic heterocycles. The smallest absolute Gasteiger partial charge is 0.324 e. The lowest BCUT2D eigenvalue weighted by molar-refractivity contribution is -0.129. The van der Waals surface area contributed by atoms with Crippen molar-refractivity contribution in [2.24, 2.45) is 0 Å².